The summed E-state index contributed by atoms with van der Waals surface area (Å²) in [4.78, 5) is 4.29. The summed E-state index contributed by atoms with van der Waals surface area (Å²) >= 11 is -2.42. The van der Waals surface area contributed by atoms with E-state index >= 15 is 0 Å². The Balaban J connectivity index is 3.05. The molecule has 116 valence electrons. The van der Waals surface area contributed by atoms with Gasteiger partial charge in [-0.15, -0.1) is 3.89 Å². The highest BCUT2D eigenvalue weighted by atomic mass is 32.2. The first-order valence-electron chi connectivity index (χ1n) is 6.33. The van der Waals surface area contributed by atoms with Crippen LogP contribution in [0.2, 0.25) is 0 Å². The molecule has 0 aliphatic heterocycles. The molecule has 1 unspecified atom stereocenters. The van der Waals surface area contributed by atoms with E-state index in [1.165, 1.54) is 0 Å². The summed E-state index contributed by atoms with van der Waals surface area (Å²) < 4.78 is 35.7. The molecule has 8 heteroatoms. The SMILES string of the molecule is COCCN(CCOC)n1c(CS(=O)F)nc(C)c1C. The second-order valence-electron chi connectivity index (χ2n) is 4.38. The van der Waals surface area contributed by atoms with Gasteiger partial charge < -0.3 is 14.5 Å². The lowest BCUT2D eigenvalue weighted by Crippen LogP contribution is -2.41. The summed E-state index contributed by atoms with van der Waals surface area (Å²) in [5.74, 6) is 0.235. The van der Waals surface area contributed by atoms with Crippen LogP contribution in [0.15, 0.2) is 0 Å². The van der Waals surface area contributed by atoms with Crippen LogP contribution in [-0.4, -0.2) is 54.4 Å². The lowest BCUT2D eigenvalue weighted by molar-refractivity contribution is 0.180. The molecular weight excluding hydrogens is 285 g/mol. The van der Waals surface area contributed by atoms with Gasteiger partial charge in [0.15, 0.2) is 0 Å². The Bertz CT molecular complexity index is 445. The summed E-state index contributed by atoms with van der Waals surface area (Å²) in [5, 5.41) is 1.96. The van der Waals surface area contributed by atoms with Gasteiger partial charge in [0.25, 0.3) is 0 Å². The van der Waals surface area contributed by atoms with Gasteiger partial charge in [-0.1, -0.05) is 0 Å². The number of nitrogens with zero attached hydrogens (tertiary/aromatic N) is 3. The zero-order chi connectivity index (χ0) is 15.1. The Morgan fingerprint density at radius 2 is 1.80 bits per heavy atom. The summed E-state index contributed by atoms with van der Waals surface area (Å²) in [6, 6.07) is 0. The predicted molar refractivity (Wildman–Crippen MR) is 76.4 cm³/mol. The highest BCUT2D eigenvalue weighted by Gasteiger charge is 2.18. The van der Waals surface area contributed by atoms with E-state index in [9.17, 15) is 8.09 Å². The maximum absolute atomic E-state index is 12.8. The van der Waals surface area contributed by atoms with Gasteiger partial charge >= 0.3 is 0 Å². The molecule has 6 nitrogen and oxygen atoms in total. The van der Waals surface area contributed by atoms with E-state index in [1.54, 1.807) is 14.2 Å². The normalized spacial score (nSPS) is 12.7. The van der Waals surface area contributed by atoms with Gasteiger partial charge in [-0.05, 0) is 13.8 Å². The Kier molecular flexibility index (Phi) is 7.11. The molecule has 0 radical (unpaired) electrons. The minimum absolute atomic E-state index is 0.217. The lowest BCUT2D eigenvalue weighted by atomic mass is 10.4. The third-order valence-electron chi connectivity index (χ3n) is 3.02. The van der Waals surface area contributed by atoms with Crippen LogP contribution in [-0.2, 0) is 26.4 Å². The fraction of sp³-hybridized carbons (Fsp3) is 0.750. The zero-order valence-electron chi connectivity index (χ0n) is 12.4. The average molecular weight is 307 g/mol. The molecule has 0 spiro atoms. The quantitative estimate of drug-likeness (QED) is 0.634. The minimum atomic E-state index is -2.42. The van der Waals surface area contributed by atoms with E-state index in [-0.39, 0.29) is 5.75 Å². The predicted octanol–water partition coefficient (Wildman–Crippen LogP) is 0.864. The van der Waals surface area contributed by atoms with Gasteiger partial charge in [-0.25, -0.2) is 13.9 Å². The third kappa shape index (κ3) is 4.53. The number of hydrogen-bond donors (Lipinski definition) is 0. The molecule has 0 aliphatic carbocycles. The third-order valence-corrected chi connectivity index (χ3v) is 3.50. The van der Waals surface area contributed by atoms with Gasteiger partial charge in [0, 0.05) is 14.2 Å². The fourth-order valence-electron chi connectivity index (χ4n) is 1.94. The number of aryl methyl sites for hydroxylation is 1. The first-order valence-corrected chi connectivity index (χ1v) is 7.55. The standard InChI is InChI=1S/C12H22FN3O3S/c1-10-11(2)16(12(14-10)9-20(13)17)15(5-7-18-3)6-8-19-4/h5-9H2,1-4H3. The van der Waals surface area contributed by atoms with E-state index in [0.717, 1.165) is 11.4 Å². The van der Waals surface area contributed by atoms with E-state index in [4.69, 9.17) is 9.47 Å². The second kappa shape index (κ2) is 8.33. The van der Waals surface area contributed by atoms with Crippen LogP contribution in [0.3, 0.4) is 0 Å². The minimum Gasteiger partial charge on any atom is -0.383 e. The largest absolute Gasteiger partial charge is 0.383 e. The average Bonchev–Trinajstić information content (AvgIpc) is 2.65. The monoisotopic (exact) mass is 307 g/mol. The molecule has 0 N–H and O–H groups in total. The number of hydrogen-bond acceptors (Lipinski definition) is 5. The Hall–Kier alpha value is -0.990. The van der Waals surface area contributed by atoms with Crippen molar-refractivity contribution >= 4 is 11.2 Å². The Morgan fingerprint density at radius 3 is 2.25 bits per heavy atom. The van der Waals surface area contributed by atoms with Crippen molar-refractivity contribution in [3.05, 3.63) is 17.2 Å². The van der Waals surface area contributed by atoms with Crippen molar-refractivity contribution in [2.24, 2.45) is 0 Å². The van der Waals surface area contributed by atoms with E-state index in [1.807, 2.05) is 23.5 Å². The molecule has 0 fully saturated rings. The highest BCUT2D eigenvalue weighted by molar-refractivity contribution is 7.78. The first-order chi connectivity index (χ1) is 9.51. The van der Waals surface area contributed by atoms with Gasteiger partial charge in [0.1, 0.15) is 11.6 Å². The Labute approximate surface area is 121 Å². The van der Waals surface area contributed by atoms with Crippen molar-refractivity contribution in [3.63, 3.8) is 0 Å². The van der Waals surface area contributed by atoms with Crippen molar-refractivity contribution in [2.45, 2.75) is 19.6 Å². The molecule has 0 saturated heterocycles. The molecule has 20 heavy (non-hydrogen) atoms. The van der Waals surface area contributed by atoms with Crippen molar-refractivity contribution in [3.8, 4) is 0 Å². The van der Waals surface area contributed by atoms with E-state index in [2.05, 4.69) is 4.98 Å². The lowest BCUT2D eigenvalue weighted by Gasteiger charge is -2.28. The van der Waals surface area contributed by atoms with Crippen LogP contribution < -0.4 is 5.01 Å². The summed E-state index contributed by atoms with van der Waals surface area (Å²) in [5.41, 5.74) is 1.70. The van der Waals surface area contributed by atoms with Crippen LogP contribution in [0.4, 0.5) is 3.89 Å². The molecule has 0 amide bonds. The molecule has 1 aromatic rings. The number of aromatic nitrogens is 2. The van der Waals surface area contributed by atoms with Crippen molar-refractivity contribution in [1.82, 2.24) is 9.66 Å². The van der Waals surface area contributed by atoms with Gasteiger partial charge in [0.2, 0.25) is 11.2 Å². The van der Waals surface area contributed by atoms with Crippen LogP contribution in [0.1, 0.15) is 17.2 Å². The molecule has 0 saturated carbocycles. The van der Waals surface area contributed by atoms with E-state index in [0.29, 0.717) is 32.1 Å². The van der Waals surface area contributed by atoms with Crippen LogP contribution in [0, 0.1) is 13.8 Å². The van der Waals surface area contributed by atoms with E-state index < -0.39 is 11.2 Å². The second-order valence-corrected chi connectivity index (χ2v) is 5.25. The number of imidazole rings is 1. The smallest absolute Gasteiger partial charge is 0.206 e. The maximum atomic E-state index is 12.8. The summed E-state index contributed by atoms with van der Waals surface area (Å²) in [6.45, 7) is 6.03. The molecule has 1 aromatic heterocycles. The zero-order valence-corrected chi connectivity index (χ0v) is 13.2. The molecule has 1 atom stereocenters. The number of halogens is 1. The number of ether oxygens (including phenoxy) is 2. The van der Waals surface area contributed by atoms with Gasteiger partial charge in [-0.3, -0.25) is 0 Å². The molecule has 1 heterocycles. The fourth-order valence-corrected chi connectivity index (χ4v) is 2.33. The maximum Gasteiger partial charge on any atom is 0.206 e. The molecule has 0 bridgehead atoms. The number of rotatable bonds is 9. The van der Waals surface area contributed by atoms with Crippen molar-refractivity contribution in [2.75, 3.05) is 45.5 Å². The van der Waals surface area contributed by atoms with Gasteiger partial charge in [-0.2, -0.15) is 0 Å². The molecule has 0 aromatic carbocycles. The molecule has 0 aliphatic rings. The first kappa shape index (κ1) is 17.1. The van der Waals surface area contributed by atoms with Gasteiger partial charge in [0.05, 0.1) is 37.7 Å². The topological polar surface area (TPSA) is 56.6 Å². The van der Waals surface area contributed by atoms with Crippen LogP contribution in [0.25, 0.3) is 0 Å². The Morgan fingerprint density at radius 1 is 1.25 bits per heavy atom. The molecular formula is C12H22FN3O3S. The van der Waals surface area contributed by atoms with Crippen LogP contribution >= 0.6 is 0 Å². The van der Waals surface area contributed by atoms with Crippen molar-refractivity contribution < 1.29 is 17.6 Å². The van der Waals surface area contributed by atoms with Crippen molar-refractivity contribution in [1.29, 1.82) is 0 Å². The van der Waals surface area contributed by atoms with Crippen LogP contribution in [0.5, 0.6) is 0 Å². The highest BCUT2D eigenvalue weighted by Crippen LogP contribution is 2.13. The molecule has 1 rings (SSSR count). The number of methoxy groups -OCH3 is 2. The summed E-state index contributed by atoms with van der Waals surface area (Å²) in [6.07, 6.45) is 0. The summed E-state index contributed by atoms with van der Waals surface area (Å²) in [7, 11) is 3.25.